The van der Waals surface area contributed by atoms with E-state index in [0.29, 0.717) is 18.9 Å². The van der Waals surface area contributed by atoms with Gasteiger partial charge in [0.15, 0.2) is 11.5 Å². The summed E-state index contributed by atoms with van der Waals surface area (Å²) in [5.74, 6) is -0.624. The van der Waals surface area contributed by atoms with Crippen LogP contribution in [0.5, 0.6) is 0 Å². The molecule has 0 aromatic heterocycles. The highest BCUT2D eigenvalue weighted by molar-refractivity contribution is 6.35. The second kappa shape index (κ2) is 4.49. The lowest BCUT2D eigenvalue weighted by atomic mass is 9.83. The van der Waals surface area contributed by atoms with Crippen LogP contribution in [-0.2, 0) is 14.3 Å². The predicted octanol–water partition coefficient (Wildman–Crippen LogP) is 2.56. The number of ether oxygens (including phenoxy) is 2. The molecule has 2 heterocycles. The van der Waals surface area contributed by atoms with Gasteiger partial charge < -0.3 is 9.47 Å². The van der Waals surface area contributed by atoms with Crippen LogP contribution in [0, 0.1) is 5.41 Å². The van der Waals surface area contributed by atoms with E-state index in [9.17, 15) is 13.6 Å². The largest absolute Gasteiger partial charge is 0.431 e. The maximum absolute atomic E-state index is 12.4. The van der Waals surface area contributed by atoms with E-state index in [1.165, 1.54) is 0 Å². The van der Waals surface area contributed by atoms with Gasteiger partial charge in [0.05, 0.1) is 34.9 Å². The highest BCUT2D eigenvalue weighted by Gasteiger charge is 2.42. The molecule has 0 aromatic rings. The molecule has 1 aliphatic carbocycles. The van der Waals surface area contributed by atoms with Crippen molar-refractivity contribution in [2.24, 2.45) is 10.4 Å². The van der Waals surface area contributed by atoms with Gasteiger partial charge in [-0.25, -0.2) is 4.99 Å². The monoisotopic (exact) mass is 301 g/mol. The fourth-order valence-electron chi connectivity index (χ4n) is 2.22. The molecular weight excluding hydrogens is 292 g/mol. The molecule has 20 heavy (non-hydrogen) atoms. The SMILES string of the molecule is CC1(C2=NC3=C(OC(F)F)C(Cl)=CC(=O)C3=C2)COC1. The predicted molar refractivity (Wildman–Crippen MR) is 67.5 cm³/mol. The van der Waals surface area contributed by atoms with Crippen molar-refractivity contribution in [3.05, 3.63) is 34.2 Å². The average Bonchev–Trinajstić information content (AvgIpc) is 2.76. The fourth-order valence-corrected chi connectivity index (χ4v) is 2.45. The highest BCUT2D eigenvalue weighted by Crippen LogP contribution is 2.40. The van der Waals surface area contributed by atoms with E-state index in [1.54, 1.807) is 6.08 Å². The number of allylic oxidation sites excluding steroid dienone is 4. The van der Waals surface area contributed by atoms with Gasteiger partial charge in [-0.1, -0.05) is 11.6 Å². The minimum Gasteiger partial charge on any atom is -0.431 e. The van der Waals surface area contributed by atoms with Crippen LogP contribution < -0.4 is 0 Å². The van der Waals surface area contributed by atoms with Gasteiger partial charge >= 0.3 is 6.61 Å². The third-order valence-corrected chi connectivity index (χ3v) is 3.67. The number of rotatable bonds is 3. The van der Waals surface area contributed by atoms with Gasteiger partial charge in [0.2, 0.25) is 0 Å². The van der Waals surface area contributed by atoms with Gasteiger partial charge in [0.25, 0.3) is 0 Å². The average molecular weight is 302 g/mol. The Kier molecular flexibility index (Phi) is 3.02. The third-order valence-electron chi connectivity index (χ3n) is 3.39. The molecule has 0 radical (unpaired) electrons. The van der Waals surface area contributed by atoms with Crippen LogP contribution in [-0.4, -0.2) is 31.3 Å². The molecule has 0 spiro atoms. The van der Waals surface area contributed by atoms with Gasteiger partial charge in [0, 0.05) is 6.08 Å². The zero-order valence-corrected chi connectivity index (χ0v) is 11.2. The number of alkyl halides is 2. The zero-order valence-electron chi connectivity index (χ0n) is 10.5. The van der Waals surface area contributed by atoms with Crippen molar-refractivity contribution in [3.63, 3.8) is 0 Å². The molecule has 1 fully saturated rings. The van der Waals surface area contributed by atoms with E-state index >= 15 is 0 Å². The molecule has 0 aromatic carbocycles. The van der Waals surface area contributed by atoms with E-state index in [1.807, 2.05) is 6.92 Å². The summed E-state index contributed by atoms with van der Waals surface area (Å²) in [6.45, 7) is -0.153. The number of carbonyl (C=O) groups excluding carboxylic acids is 1. The topological polar surface area (TPSA) is 47.9 Å². The first-order chi connectivity index (χ1) is 9.40. The summed E-state index contributed by atoms with van der Waals surface area (Å²) in [5.41, 5.74) is 0.622. The minimum absolute atomic E-state index is 0.0749. The zero-order chi connectivity index (χ0) is 14.5. The molecule has 0 saturated carbocycles. The van der Waals surface area contributed by atoms with Gasteiger partial charge in [-0.2, -0.15) is 8.78 Å². The highest BCUT2D eigenvalue weighted by atomic mass is 35.5. The van der Waals surface area contributed by atoms with Gasteiger partial charge in [-0.3, -0.25) is 4.79 Å². The molecule has 3 rings (SSSR count). The lowest BCUT2D eigenvalue weighted by molar-refractivity contribution is -0.112. The third kappa shape index (κ3) is 1.99. The summed E-state index contributed by atoms with van der Waals surface area (Å²) in [7, 11) is 0. The van der Waals surface area contributed by atoms with Crippen molar-refractivity contribution in [2.75, 3.05) is 13.2 Å². The summed E-state index contributed by atoms with van der Waals surface area (Å²) in [5, 5.41) is -0.164. The van der Waals surface area contributed by atoms with Crippen LogP contribution >= 0.6 is 11.6 Å². The van der Waals surface area contributed by atoms with E-state index in [0.717, 1.165) is 6.08 Å². The summed E-state index contributed by atoms with van der Waals surface area (Å²) >= 11 is 5.80. The molecule has 0 atom stereocenters. The molecule has 3 aliphatic rings. The lowest BCUT2D eigenvalue weighted by Gasteiger charge is -2.37. The number of nitrogens with zero attached hydrogens (tertiary/aromatic N) is 1. The molecule has 0 unspecified atom stereocenters. The molecule has 7 heteroatoms. The summed E-state index contributed by atoms with van der Waals surface area (Å²) < 4.78 is 34.4. The summed E-state index contributed by atoms with van der Waals surface area (Å²) in [6, 6.07) is 0. The second-order valence-corrected chi connectivity index (χ2v) is 5.43. The Morgan fingerprint density at radius 2 is 2.15 bits per heavy atom. The van der Waals surface area contributed by atoms with E-state index in [2.05, 4.69) is 9.73 Å². The molecule has 4 nitrogen and oxygen atoms in total. The van der Waals surface area contributed by atoms with Crippen molar-refractivity contribution >= 4 is 23.1 Å². The molecule has 1 saturated heterocycles. The standard InChI is InChI=1S/C13H10ClF2NO3/c1-13(4-19-5-13)9-2-6-8(18)3-7(14)11(10(6)17-9)20-12(15)16/h2-3,12H,4-5H2,1H3. The first-order valence-corrected chi connectivity index (χ1v) is 6.28. The molecule has 0 bridgehead atoms. The molecular formula is C13H10ClF2NO3. The van der Waals surface area contributed by atoms with E-state index in [-0.39, 0.29) is 33.3 Å². The van der Waals surface area contributed by atoms with Crippen LogP contribution in [0.2, 0.25) is 0 Å². The first kappa shape index (κ1) is 13.5. The molecule has 0 N–H and O–H groups in total. The van der Waals surface area contributed by atoms with Crippen molar-refractivity contribution in [1.82, 2.24) is 0 Å². The van der Waals surface area contributed by atoms with Crippen molar-refractivity contribution < 1.29 is 23.0 Å². The molecule has 106 valence electrons. The number of carbonyl (C=O) groups is 1. The number of hydrogen-bond donors (Lipinski definition) is 0. The Morgan fingerprint density at radius 1 is 1.45 bits per heavy atom. The van der Waals surface area contributed by atoms with Crippen LogP contribution in [0.4, 0.5) is 8.78 Å². The second-order valence-electron chi connectivity index (χ2n) is 5.02. The summed E-state index contributed by atoms with van der Waals surface area (Å²) in [6.07, 6.45) is 2.65. The molecule has 2 aliphatic heterocycles. The first-order valence-electron chi connectivity index (χ1n) is 5.91. The Balaban J connectivity index is 2.05. The Bertz CT molecular complexity index is 615. The number of aliphatic imine (C=N–C) groups is 1. The number of ketones is 1. The number of hydrogen-bond acceptors (Lipinski definition) is 4. The maximum Gasteiger partial charge on any atom is 0.387 e. The van der Waals surface area contributed by atoms with Crippen molar-refractivity contribution in [2.45, 2.75) is 13.5 Å². The number of halogens is 3. The Morgan fingerprint density at radius 3 is 2.70 bits per heavy atom. The van der Waals surface area contributed by atoms with Crippen molar-refractivity contribution in [3.8, 4) is 0 Å². The fraction of sp³-hybridized carbons (Fsp3) is 0.385. The molecule has 0 amide bonds. The van der Waals surface area contributed by atoms with Gasteiger partial charge in [-0.05, 0) is 13.0 Å². The Labute approximate surface area is 118 Å². The normalized spacial score (nSPS) is 24.1. The van der Waals surface area contributed by atoms with Gasteiger partial charge in [0.1, 0.15) is 5.70 Å². The summed E-state index contributed by atoms with van der Waals surface area (Å²) in [4.78, 5) is 16.1. The van der Waals surface area contributed by atoms with Crippen LogP contribution in [0.15, 0.2) is 39.2 Å². The maximum atomic E-state index is 12.4. The van der Waals surface area contributed by atoms with Crippen LogP contribution in [0.25, 0.3) is 0 Å². The minimum atomic E-state index is -3.03. The quantitative estimate of drug-likeness (QED) is 0.805. The number of fused-ring (bicyclic) bond motifs is 1. The van der Waals surface area contributed by atoms with Gasteiger partial charge in [-0.15, -0.1) is 0 Å². The van der Waals surface area contributed by atoms with Crippen molar-refractivity contribution in [1.29, 1.82) is 0 Å². The van der Waals surface area contributed by atoms with E-state index in [4.69, 9.17) is 16.3 Å². The van der Waals surface area contributed by atoms with Crippen LogP contribution in [0.3, 0.4) is 0 Å². The van der Waals surface area contributed by atoms with E-state index < -0.39 is 6.61 Å². The smallest absolute Gasteiger partial charge is 0.387 e. The Hall–Kier alpha value is -1.53. The lowest BCUT2D eigenvalue weighted by Crippen LogP contribution is -2.45. The van der Waals surface area contributed by atoms with Crippen LogP contribution in [0.1, 0.15) is 6.92 Å².